The molecule has 114 valence electrons. The lowest BCUT2D eigenvalue weighted by Gasteiger charge is -2.43. The molecule has 1 N–H and O–H groups in total. The van der Waals surface area contributed by atoms with Crippen LogP contribution in [-0.2, 0) is 0 Å². The maximum atomic E-state index is 10.8. The van der Waals surface area contributed by atoms with Gasteiger partial charge in [0.2, 0.25) is 0 Å². The summed E-state index contributed by atoms with van der Waals surface area (Å²) in [6.45, 7) is 8.41. The predicted molar refractivity (Wildman–Crippen MR) is 85.4 cm³/mol. The minimum absolute atomic E-state index is 0.302. The fraction of sp³-hybridized carbons (Fsp3) is 0.556. The minimum atomic E-state index is -0.608. The van der Waals surface area contributed by atoms with Gasteiger partial charge in [0.05, 0.1) is 0 Å². The molecule has 2 heterocycles. The first-order valence-electron chi connectivity index (χ1n) is 7.92. The Morgan fingerprint density at radius 1 is 1.14 bits per heavy atom. The molecular weight excluding hydrogens is 262 g/mol. The third-order valence-electron chi connectivity index (χ3n) is 4.80. The number of piperidine rings is 1. The summed E-state index contributed by atoms with van der Waals surface area (Å²) >= 11 is 0. The summed E-state index contributed by atoms with van der Waals surface area (Å²) in [6, 6.07) is 8.11. The van der Waals surface area contributed by atoms with Gasteiger partial charge < -0.3 is 9.52 Å². The highest BCUT2D eigenvalue weighted by Crippen LogP contribution is 2.35. The molecule has 1 aliphatic rings. The second-order valence-electron chi connectivity index (χ2n) is 6.79. The number of likely N-dealkylation sites (tertiary alicyclic amines) is 1. The van der Waals surface area contributed by atoms with E-state index in [1.165, 1.54) is 24.8 Å². The van der Waals surface area contributed by atoms with Crippen molar-refractivity contribution in [2.45, 2.75) is 51.7 Å². The van der Waals surface area contributed by atoms with Gasteiger partial charge in [-0.1, -0.05) is 18.1 Å². The van der Waals surface area contributed by atoms with Crippen molar-refractivity contribution in [2.75, 3.05) is 13.1 Å². The van der Waals surface area contributed by atoms with Gasteiger partial charge >= 0.3 is 0 Å². The van der Waals surface area contributed by atoms with Crippen LogP contribution in [0.1, 0.15) is 50.5 Å². The van der Waals surface area contributed by atoms with Gasteiger partial charge in [0, 0.05) is 10.9 Å². The van der Waals surface area contributed by atoms with Gasteiger partial charge in [-0.25, -0.2) is 0 Å². The first-order chi connectivity index (χ1) is 9.98. The van der Waals surface area contributed by atoms with E-state index in [2.05, 4.69) is 31.7 Å². The largest absolute Gasteiger partial charge is 0.458 e. The molecule has 3 rings (SSSR count). The lowest BCUT2D eigenvalue weighted by atomic mass is 9.90. The summed E-state index contributed by atoms with van der Waals surface area (Å²) in [5.74, 6) is 0.672. The Bertz CT molecular complexity index is 623. The van der Waals surface area contributed by atoms with Crippen molar-refractivity contribution >= 4 is 11.0 Å². The third kappa shape index (κ3) is 2.72. The van der Waals surface area contributed by atoms with Crippen LogP contribution in [0.3, 0.4) is 0 Å². The SMILES string of the molecule is Cc1ccc2oc(C(O)C(C)(C)N3CCCCC3)cc2c1. The highest BCUT2D eigenvalue weighted by molar-refractivity contribution is 5.78. The van der Waals surface area contributed by atoms with Gasteiger partial charge in [-0.2, -0.15) is 0 Å². The molecule has 0 aliphatic carbocycles. The molecule has 3 nitrogen and oxygen atoms in total. The van der Waals surface area contributed by atoms with Gasteiger partial charge in [-0.05, 0) is 64.9 Å². The average molecular weight is 287 g/mol. The molecule has 3 heteroatoms. The minimum Gasteiger partial charge on any atom is -0.458 e. The van der Waals surface area contributed by atoms with Gasteiger partial charge in [-0.3, -0.25) is 4.90 Å². The van der Waals surface area contributed by atoms with E-state index >= 15 is 0 Å². The quantitative estimate of drug-likeness (QED) is 0.925. The molecular formula is C18H25NO2. The number of hydrogen-bond donors (Lipinski definition) is 1. The van der Waals surface area contributed by atoms with E-state index in [1.54, 1.807) is 0 Å². The monoisotopic (exact) mass is 287 g/mol. The Balaban J connectivity index is 1.89. The molecule has 21 heavy (non-hydrogen) atoms. The number of rotatable bonds is 3. The summed E-state index contributed by atoms with van der Waals surface area (Å²) in [5, 5.41) is 11.9. The summed E-state index contributed by atoms with van der Waals surface area (Å²) in [7, 11) is 0. The van der Waals surface area contributed by atoms with E-state index in [9.17, 15) is 5.11 Å². The average Bonchev–Trinajstić information content (AvgIpc) is 2.90. The molecule has 1 aliphatic heterocycles. The smallest absolute Gasteiger partial charge is 0.135 e. The molecule has 0 bridgehead atoms. The lowest BCUT2D eigenvalue weighted by molar-refractivity contribution is -0.0304. The van der Waals surface area contributed by atoms with Crippen molar-refractivity contribution in [3.63, 3.8) is 0 Å². The molecule has 1 saturated heterocycles. The maximum Gasteiger partial charge on any atom is 0.135 e. The lowest BCUT2D eigenvalue weighted by Crippen LogP contribution is -2.50. The Kier molecular flexibility index (Phi) is 3.80. The first kappa shape index (κ1) is 14.6. The van der Waals surface area contributed by atoms with Crippen LogP contribution in [0.15, 0.2) is 28.7 Å². The number of fused-ring (bicyclic) bond motifs is 1. The van der Waals surface area contributed by atoms with Crippen LogP contribution < -0.4 is 0 Å². The Morgan fingerprint density at radius 3 is 2.57 bits per heavy atom. The van der Waals surface area contributed by atoms with Crippen molar-refractivity contribution in [1.29, 1.82) is 0 Å². The Hall–Kier alpha value is -1.32. The third-order valence-corrected chi connectivity index (χ3v) is 4.80. The van der Waals surface area contributed by atoms with E-state index in [0.29, 0.717) is 5.76 Å². The number of aliphatic hydroxyl groups excluding tert-OH is 1. The Labute approximate surface area is 126 Å². The van der Waals surface area contributed by atoms with Gasteiger partial charge in [0.1, 0.15) is 17.4 Å². The molecule has 0 spiro atoms. The highest BCUT2D eigenvalue weighted by atomic mass is 16.4. The van der Waals surface area contributed by atoms with Crippen LogP contribution in [0.25, 0.3) is 11.0 Å². The fourth-order valence-corrected chi connectivity index (χ4v) is 3.31. The normalized spacial score (nSPS) is 19.0. The molecule has 2 aromatic rings. The van der Waals surface area contributed by atoms with Crippen LogP contribution in [0.2, 0.25) is 0 Å². The first-order valence-corrected chi connectivity index (χ1v) is 7.92. The zero-order valence-corrected chi connectivity index (χ0v) is 13.2. The molecule has 1 aromatic carbocycles. The molecule has 1 aromatic heterocycles. The summed E-state index contributed by atoms with van der Waals surface area (Å²) in [5.41, 5.74) is 1.76. The molecule has 1 fully saturated rings. The summed E-state index contributed by atoms with van der Waals surface area (Å²) < 4.78 is 5.89. The van der Waals surface area contributed by atoms with Crippen molar-refractivity contribution in [1.82, 2.24) is 4.90 Å². The molecule has 0 amide bonds. The van der Waals surface area contributed by atoms with E-state index in [4.69, 9.17) is 4.42 Å². The van der Waals surface area contributed by atoms with Crippen molar-refractivity contribution in [3.8, 4) is 0 Å². The van der Waals surface area contributed by atoms with E-state index in [-0.39, 0.29) is 5.54 Å². The van der Waals surface area contributed by atoms with Crippen molar-refractivity contribution in [2.24, 2.45) is 0 Å². The second-order valence-corrected chi connectivity index (χ2v) is 6.79. The number of nitrogens with zero attached hydrogens (tertiary/aromatic N) is 1. The zero-order valence-electron chi connectivity index (χ0n) is 13.2. The topological polar surface area (TPSA) is 36.6 Å². The highest BCUT2D eigenvalue weighted by Gasteiger charge is 2.37. The van der Waals surface area contributed by atoms with Crippen LogP contribution in [0.4, 0.5) is 0 Å². The molecule has 1 unspecified atom stereocenters. The van der Waals surface area contributed by atoms with Crippen LogP contribution >= 0.6 is 0 Å². The van der Waals surface area contributed by atoms with Crippen molar-refractivity contribution < 1.29 is 9.52 Å². The summed E-state index contributed by atoms with van der Waals surface area (Å²) in [4.78, 5) is 2.39. The van der Waals surface area contributed by atoms with Gasteiger partial charge in [0.15, 0.2) is 0 Å². The molecule has 0 saturated carbocycles. The van der Waals surface area contributed by atoms with E-state index < -0.39 is 6.10 Å². The number of hydrogen-bond acceptors (Lipinski definition) is 3. The number of aryl methyl sites for hydroxylation is 1. The number of benzene rings is 1. The molecule has 1 atom stereocenters. The maximum absolute atomic E-state index is 10.8. The fourth-order valence-electron chi connectivity index (χ4n) is 3.31. The second kappa shape index (κ2) is 5.47. The van der Waals surface area contributed by atoms with Crippen molar-refractivity contribution in [3.05, 3.63) is 35.6 Å². The predicted octanol–water partition coefficient (Wildman–Crippen LogP) is 4.04. The van der Waals surface area contributed by atoms with Gasteiger partial charge in [-0.15, -0.1) is 0 Å². The Morgan fingerprint density at radius 2 is 1.86 bits per heavy atom. The van der Waals surface area contributed by atoms with E-state index in [1.807, 2.05) is 18.2 Å². The van der Waals surface area contributed by atoms with E-state index in [0.717, 1.165) is 24.1 Å². The standard InChI is InChI=1S/C18H25NO2/c1-13-7-8-15-14(11-13)12-16(21-15)17(20)18(2,3)19-9-5-4-6-10-19/h7-8,11-12,17,20H,4-6,9-10H2,1-3H3. The summed E-state index contributed by atoms with van der Waals surface area (Å²) in [6.07, 6.45) is 3.13. The zero-order chi connectivity index (χ0) is 15.0. The van der Waals surface area contributed by atoms with Gasteiger partial charge in [0.25, 0.3) is 0 Å². The van der Waals surface area contributed by atoms with Crippen LogP contribution in [0.5, 0.6) is 0 Å². The number of aliphatic hydroxyl groups is 1. The molecule has 0 radical (unpaired) electrons. The van der Waals surface area contributed by atoms with Crippen LogP contribution in [-0.4, -0.2) is 28.6 Å². The number of furan rings is 1. The van der Waals surface area contributed by atoms with Crippen LogP contribution in [0, 0.1) is 6.92 Å².